The van der Waals surface area contributed by atoms with Gasteiger partial charge in [0.05, 0.1) is 6.54 Å². The molecule has 0 radical (unpaired) electrons. The summed E-state index contributed by atoms with van der Waals surface area (Å²) in [5, 5.41) is 2.83. The van der Waals surface area contributed by atoms with Crippen LogP contribution >= 0.6 is 15.9 Å². The zero-order chi connectivity index (χ0) is 15.8. The maximum atomic E-state index is 12.0. The largest absolute Gasteiger partial charge is 0.385 e. The van der Waals surface area contributed by atoms with Gasteiger partial charge in [0.25, 0.3) is 0 Å². The van der Waals surface area contributed by atoms with Crippen molar-refractivity contribution in [2.45, 2.75) is 20.3 Å². The molecule has 0 spiro atoms. The SMILES string of the molecule is COCCCN(CC(=O)Nc1ccc(Br)cc1C)C(C)=O. The van der Waals surface area contributed by atoms with Crippen LogP contribution in [0.15, 0.2) is 22.7 Å². The summed E-state index contributed by atoms with van der Waals surface area (Å²) in [5.74, 6) is -0.318. The minimum Gasteiger partial charge on any atom is -0.385 e. The zero-order valence-corrected chi connectivity index (χ0v) is 14.2. The normalized spacial score (nSPS) is 10.3. The van der Waals surface area contributed by atoms with Crippen LogP contribution < -0.4 is 5.32 Å². The monoisotopic (exact) mass is 356 g/mol. The van der Waals surface area contributed by atoms with E-state index >= 15 is 0 Å². The van der Waals surface area contributed by atoms with Gasteiger partial charge in [-0.2, -0.15) is 0 Å². The van der Waals surface area contributed by atoms with Gasteiger partial charge in [0.1, 0.15) is 0 Å². The Morgan fingerprint density at radius 3 is 2.67 bits per heavy atom. The number of carbonyl (C=O) groups excluding carboxylic acids is 2. The van der Waals surface area contributed by atoms with E-state index in [4.69, 9.17) is 4.74 Å². The van der Waals surface area contributed by atoms with Crippen LogP contribution in [0.3, 0.4) is 0 Å². The van der Waals surface area contributed by atoms with Crippen LogP contribution in [0, 0.1) is 6.92 Å². The number of methoxy groups -OCH3 is 1. The highest BCUT2D eigenvalue weighted by molar-refractivity contribution is 9.10. The highest BCUT2D eigenvalue weighted by Crippen LogP contribution is 2.19. The maximum Gasteiger partial charge on any atom is 0.244 e. The van der Waals surface area contributed by atoms with E-state index in [1.54, 1.807) is 7.11 Å². The summed E-state index contributed by atoms with van der Waals surface area (Å²) in [4.78, 5) is 25.1. The van der Waals surface area contributed by atoms with Crippen LogP contribution in [0.2, 0.25) is 0 Å². The Hall–Kier alpha value is -1.40. The summed E-state index contributed by atoms with van der Waals surface area (Å²) in [6.45, 7) is 4.51. The predicted octanol–water partition coefficient (Wildman–Crippen LogP) is 2.58. The van der Waals surface area contributed by atoms with E-state index < -0.39 is 0 Å². The Morgan fingerprint density at radius 1 is 1.38 bits per heavy atom. The van der Waals surface area contributed by atoms with E-state index in [9.17, 15) is 9.59 Å². The standard InChI is InChI=1S/C15H21BrN2O3/c1-11-9-13(16)5-6-14(11)17-15(20)10-18(12(2)19)7-4-8-21-3/h5-6,9H,4,7-8,10H2,1-3H3,(H,17,20). The van der Waals surface area contributed by atoms with Crippen molar-refractivity contribution in [3.8, 4) is 0 Å². The summed E-state index contributed by atoms with van der Waals surface area (Å²) in [5.41, 5.74) is 1.72. The molecule has 1 rings (SSSR count). The van der Waals surface area contributed by atoms with E-state index in [0.717, 1.165) is 15.7 Å². The molecule has 1 aromatic carbocycles. The van der Waals surface area contributed by atoms with Gasteiger partial charge in [0.15, 0.2) is 0 Å². The molecule has 0 bridgehead atoms. The lowest BCUT2D eigenvalue weighted by Gasteiger charge is -2.20. The molecule has 0 aliphatic carbocycles. The second-order valence-electron chi connectivity index (χ2n) is 4.79. The van der Waals surface area contributed by atoms with Gasteiger partial charge in [-0.15, -0.1) is 0 Å². The molecule has 5 nitrogen and oxygen atoms in total. The van der Waals surface area contributed by atoms with Crippen molar-refractivity contribution in [1.82, 2.24) is 4.90 Å². The first-order valence-electron chi connectivity index (χ1n) is 6.74. The summed E-state index contributed by atoms with van der Waals surface area (Å²) in [6.07, 6.45) is 0.709. The molecule has 116 valence electrons. The van der Waals surface area contributed by atoms with Crippen LogP contribution in [-0.2, 0) is 14.3 Å². The number of rotatable bonds is 7. The van der Waals surface area contributed by atoms with Crippen molar-refractivity contribution in [3.05, 3.63) is 28.2 Å². The molecule has 0 atom stereocenters. The van der Waals surface area contributed by atoms with Gasteiger partial charge in [-0.1, -0.05) is 15.9 Å². The Kier molecular flexibility index (Phi) is 7.39. The minimum atomic E-state index is -0.201. The number of nitrogens with zero attached hydrogens (tertiary/aromatic N) is 1. The predicted molar refractivity (Wildman–Crippen MR) is 86.3 cm³/mol. The lowest BCUT2D eigenvalue weighted by Crippen LogP contribution is -2.37. The van der Waals surface area contributed by atoms with E-state index in [2.05, 4.69) is 21.2 Å². The number of anilines is 1. The first-order chi connectivity index (χ1) is 9.93. The molecule has 1 N–H and O–H groups in total. The van der Waals surface area contributed by atoms with Gasteiger partial charge in [-0.25, -0.2) is 0 Å². The van der Waals surface area contributed by atoms with Crippen molar-refractivity contribution >= 4 is 33.4 Å². The third-order valence-electron chi connectivity index (χ3n) is 3.02. The molecular weight excluding hydrogens is 336 g/mol. The second-order valence-corrected chi connectivity index (χ2v) is 5.71. The summed E-state index contributed by atoms with van der Waals surface area (Å²) < 4.78 is 5.92. The number of amides is 2. The molecule has 0 saturated carbocycles. The molecule has 21 heavy (non-hydrogen) atoms. The molecule has 6 heteroatoms. The summed E-state index contributed by atoms with van der Waals surface area (Å²) >= 11 is 3.38. The number of hydrogen-bond acceptors (Lipinski definition) is 3. The molecule has 0 aliphatic heterocycles. The highest BCUT2D eigenvalue weighted by atomic mass is 79.9. The maximum absolute atomic E-state index is 12.0. The molecule has 0 fully saturated rings. The Balaban J connectivity index is 2.59. The molecule has 2 amide bonds. The van der Waals surface area contributed by atoms with Gasteiger partial charge >= 0.3 is 0 Å². The zero-order valence-electron chi connectivity index (χ0n) is 12.6. The first kappa shape index (κ1) is 17.7. The quantitative estimate of drug-likeness (QED) is 0.763. The van der Waals surface area contributed by atoms with Crippen molar-refractivity contribution in [1.29, 1.82) is 0 Å². The fourth-order valence-electron chi connectivity index (χ4n) is 1.88. The smallest absolute Gasteiger partial charge is 0.244 e. The van der Waals surface area contributed by atoms with E-state index in [1.165, 1.54) is 11.8 Å². The first-order valence-corrected chi connectivity index (χ1v) is 7.53. The third-order valence-corrected chi connectivity index (χ3v) is 3.51. The van der Waals surface area contributed by atoms with Crippen LogP contribution in [-0.4, -0.2) is 43.5 Å². The summed E-state index contributed by atoms with van der Waals surface area (Å²) in [7, 11) is 1.61. The molecule has 0 saturated heterocycles. The Labute approximate surface area is 133 Å². The Bertz CT molecular complexity index is 506. The minimum absolute atomic E-state index is 0.0502. The molecule has 0 heterocycles. The van der Waals surface area contributed by atoms with Gasteiger partial charge < -0.3 is 15.0 Å². The van der Waals surface area contributed by atoms with Crippen molar-refractivity contribution < 1.29 is 14.3 Å². The number of hydrogen-bond donors (Lipinski definition) is 1. The number of ether oxygens (including phenoxy) is 1. The fourth-order valence-corrected chi connectivity index (χ4v) is 2.35. The van der Waals surface area contributed by atoms with Gasteiger partial charge in [-0.05, 0) is 37.1 Å². The lowest BCUT2D eigenvalue weighted by molar-refractivity contribution is -0.132. The number of aryl methyl sites for hydroxylation is 1. The number of halogens is 1. The third kappa shape index (κ3) is 6.27. The van der Waals surface area contributed by atoms with Crippen LogP contribution in [0.4, 0.5) is 5.69 Å². The Morgan fingerprint density at radius 2 is 2.10 bits per heavy atom. The molecular formula is C15H21BrN2O3. The molecule has 0 unspecified atom stereocenters. The van der Waals surface area contributed by atoms with E-state index in [0.29, 0.717) is 19.6 Å². The number of nitrogens with one attached hydrogen (secondary N) is 1. The highest BCUT2D eigenvalue weighted by Gasteiger charge is 2.14. The van der Waals surface area contributed by atoms with Crippen molar-refractivity contribution in [3.63, 3.8) is 0 Å². The number of benzene rings is 1. The number of carbonyl (C=O) groups is 2. The average molecular weight is 357 g/mol. The van der Waals surface area contributed by atoms with Gasteiger partial charge in [0, 0.05) is 37.3 Å². The molecule has 1 aromatic rings. The van der Waals surface area contributed by atoms with Gasteiger partial charge in [0.2, 0.25) is 11.8 Å². The topological polar surface area (TPSA) is 58.6 Å². The average Bonchev–Trinajstić information content (AvgIpc) is 2.41. The molecule has 0 aliphatic rings. The van der Waals surface area contributed by atoms with Crippen LogP contribution in [0.25, 0.3) is 0 Å². The van der Waals surface area contributed by atoms with E-state index in [-0.39, 0.29) is 18.4 Å². The lowest BCUT2D eigenvalue weighted by atomic mass is 10.2. The summed E-state index contributed by atoms with van der Waals surface area (Å²) in [6, 6.07) is 5.63. The van der Waals surface area contributed by atoms with Gasteiger partial charge in [-0.3, -0.25) is 9.59 Å². The van der Waals surface area contributed by atoms with Crippen molar-refractivity contribution in [2.75, 3.05) is 32.1 Å². The fraction of sp³-hybridized carbons (Fsp3) is 0.467. The second kappa shape index (κ2) is 8.79. The van der Waals surface area contributed by atoms with Crippen LogP contribution in [0.1, 0.15) is 18.9 Å². The van der Waals surface area contributed by atoms with Crippen molar-refractivity contribution in [2.24, 2.45) is 0 Å². The van der Waals surface area contributed by atoms with Crippen LogP contribution in [0.5, 0.6) is 0 Å². The van der Waals surface area contributed by atoms with E-state index in [1.807, 2.05) is 25.1 Å². The molecule has 0 aromatic heterocycles.